The summed E-state index contributed by atoms with van der Waals surface area (Å²) in [6.07, 6.45) is 8.05. The first-order valence-corrected chi connectivity index (χ1v) is 11.5. The second-order valence-electron chi connectivity index (χ2n) is 6.98. The van der Waals surface area contributed by atoms with Crippen LogP contribution in [0.25, 0.3) is 46.4 Å². The molecule has 1 radical (unpaired) electrons. The first-order chi connectivity index (χ1) is 18.8. The molecule has 5 heterocycles. The third-order valence-corrected chi connectivity index (χ3v) is 4.65. The fourth-order valence-electron chi connectivity index (χ4n) is 3.29. The quantitative estimate of drug-likeness (QED) is 0.147. The van der Waals surface area contributed by atoms with Gasteiger partial charge in [-0.15, -0.1) is 0 Å². The summed E-state index contributed by atoms with van der Waals surface area (Å²) >= 11 is 0. The van der Waals surface area contributed by atoms with Crippen LogP contribution in [-0.4, -0.2) is 68.8 Å². The number of aliphatic hydroxyl groups is 4. The zero-order valence-electron chi connectivity index (χ0n) is 22.3. The summed E-state index contributed by atoms with van der Waals surface area (Å²) in [6, 6.07) is 28.9. The van der Waals surface area contributed by atoms with E-state index in [0.29, 0.717) is 0 Å². The van der Waals surface area contributed by atoms with E-state index < -0.39 is 0 Å². The summed E-state index contributed by atoms with van der Waals surface area (Å²) in [5.74, 6) is 0. The van der Waals surface area contributed by atoms with Crippen LogP contribution >= 0.6 is 0 Å². The maximum Gasteiger partial charge on any atom is 0.0659 e. The average molecular weight is 575 g/mol. The zero-order valence-corrected chi connectivity index (χ0v) is 23.4. The molecule has 0 fully saturated rings. The standard InChI is InChI=1S/C20H14N4.C6H5.4CH4O.Co/c1-2-14-10-16-5-6-18(23-16)12-20-8-7-19(24-20)11-17-4-3-15(22-17)9-13(1)21-14;1-2-4-6-5-3-1;4*1-2;/h1-12,21-22H;1-5H;4*2H,1H3;/q;-1;;;;;. The first-order valence-electron chi connectivity index (χ1n) is 11.5. The van der Waals surface area contributed by atoms with E-state index in [1.807, 2.05) is 72.8 Å². The minimum Gasteiger partial charge on any atom is -0.400 e. The van der Waals surface area contributed by atoms with Gasteiger partial charge in [0, 0.05) is 67.3 Å². The van der Waals surface area contributed by atoms with Gasteiger partial charge < -0.3 is 30.4 Å². The number of hydrogen-bond donors (Lipinski definition) is 6. The number of nitrogens with one attached hydrogen (secondary N) is 2. The summed E-state index contributed by atoms with van der Waals surface area (Å²) in [5, 5.41) is 28.0. The van der Waals surface area contributed by atoms with Gasteiger partial charge in [0.1, 0.15) is 0 Å². The fraction of sp³-hybridized carbons (Fsp3) is 0.133. The minimum absolute atomic E-state index is 0. The molecule has 0 saturated carbocycles. The zero-order chi connectivity index (χ0) is 28.2. The molecule has 9 heteroatoms. The number of rotatable bonds is 0. The van der Waals surface area contributed by atoms with E-state index in [4.69, 9.17) is 20.4 Å². The van der Waals surface area contributed by atoms with E-state index in [9.17, 15) is 0 Å². The number of benzene rings is 1. The molecule has 2 aliphatic rings. The number of fused-ring (bicyclic) bond motifs is 8. The minimum atomic E-state index is 0. The van der Waals surface area contributed by atoms with Gasteiger partial charge in [-0.1, -0.05) is 0 Å². The molecule has 8 nitrogen and oxygen atoms in total. The third-order valence-electron chi connectivity index (χ3n) is 4.65. The van der Waals surface area contributed by atoms with Crippen LogP contribution in [0.3, 0.4) is 0 Å². The Kier molecular flexibility index (Phi) is 19.1. The van der Waals surface area contributed by atoms with E-state index in [1.54, 1.807) is 0 Å². The summed E-state index contributed by atoms with van der Waals surface area (Å²) in [7, 11) is 4.00. The third kappa shape index (κ3) is 12.0. The Morgan fingerprint density at radius 3 is 1.13 bits per heavy atom. The maximum atomic E-state index is 7.00. The van der Waals surface area contributed by atoms with Gasteiger partial charge in [-0.3, -0.25) is 0 Å². The number of hydrogen-bond acceptors (Lipinski definition) is 6. The van der Waals surface area contributed by atoms with E-state index in [2.05, 4.69) is 56.3 Å². The van der Waals surface area contributed by atoms with E-state index in [-0.39, 0.29) is 16.8 Å². The van der Waals surface area contributed by atoms with Crippen molar-refractivity contribution in [1.82, 2.24) is 19.9 Å². The maximum absolute atomic E-state index is 7.00. The molecule has 0 saturated heterocycles. The summed E-state index contributed by atoms with van der Waals surface area (Å²) in [5.41, 5.74) is 7.86. The van der Waals surface area contributed by atoms with Crippen LogP contribution in [0.1, 0.15) is 22.8 Å². The van der Waals surface area contributed by atoms with Crippen molar-refractivity contribution in [3.63, 3.8) is 0 Å². The van der Waals surface area contributed by atoms with Gasteiger partial charge in [0.2, 0.25) is 0 Å². The first kappa shape index (κ1) is 35.2. The van der Waals surface area contributed by atoms with Crippen molar-refractivity contribution in [1.29, 1.82) is 0 Å². The molecule has 0 spiro atoms. The molecule has 2 aliphatic heterocycles. The van der Waals surface area contributed by atoms with Gasteiger partial charge in [-0.2, -0.15) is 36.4 Å². The number of aromatic nitrogens is 4. The Labute approximate surface area is 239 Å². The molecule has 8 bridgehead atoms. The average Bonchev–Trinajstić information content (AvgIpc) is 3.81. The molecular formula is C30H35CoN4O4-. The van der Waals surface area contributed by atoms with Crippen molar-refractivity contribution >= 4 is 46.4 Å². The normalized spacial score (nSPS) is 9.64. The fourth-order valence-corrected chi connectivity index (χ4v) is 3.29. The van der Waals surface area contributed by atoms with Gasteiger partial charge in [-0.05, 0) is 72.8 Å². The van der Waals surface area contributed by atoms with Gasteiger partial charge in [0.05, 0.1) is 22.8 Å². The topological polar surface area (TPSA) is 138 Å². The Bertz CT molecular complexity index is 1300. The van der Waals surface area contributed by atoms with Crippen molar-refractivity contribution in [3.05, 3.63) is 108 Å². The van der Waals surface area contributed by atoms with E-state index in [1.165, 1.54) is 0 Å². The molecular weight excluding hydrogens is 539 g/mol. The SMILES string of the molecule is C1=Cc2cc3ccc(cc4ccc(cc5nc(cc1n2)C=C5)[nH]4)[nH]3.CO.CO.CO.CO.[Co].[c-]1ccccc1. The van der Waals surface area contributed by atoms with Crippen molar-refractivity contribution < 1.29 is 37.2 Å². The summed E-state index contributed by atoms with van der Waals surface area (Å²) in [4.78, 5) is 16.0. The van der Waals surface area contributed by atoms with Crippen LogP contribution in [0.2, 0.25) is 0 Å². The molecule has 1 aromatic carbocycles. The van der Waals surface area contributed by atoms with Crippen LogP contribution in [0, 0.1) is 6.07 Å². The molecule has 0 atom stereocenters. The largest absolute Gasteiger partial charge is 0.400 e. The molecule has 209 valence electrons. The van der Waals surface area contributed by atoms with Crippen molar-refractivity contribution in [3.8, 4) is 0 Å². The van der Waals surface area contributed by atoms with Crippen LogP contribution in [0.15, 0.2) is 78.9 Å². The van der Waals surface area contributed by atoms with Crippen LogP contribution in [0.4, 0.5) is 0 Å². The molecule has 4 aromatic rings. The molecule has 6 rings (SSSR count). The van der Waals surface area contributed by atoms with E-state index in [0.717, 1.165) is 73.3 Å². The number of aromatic amines is 2. The van der Waals surface area contributed by atoms with Crippen molar-refractivity contribution in [2.24, 2.45) is 0 Å². The summed E-state index contributed by atoms with van der Waals surface area (Å²) in [6.45, 7) is 0. The second kappa shape index (κ2) is 21.1. The molecule has 0 unspecified atom stereocenters. The van der Waals surface area contributed by atoms with Crippen molar-refractivity contribution in [2.45, 2.75) is 0 Å². The monoisotopic (exact) mass is 574 g/mol. The van der Waals surface area contributed by atoms with Gasteiger partial charge in [-0.25, -0.2) is 9.97 Å². The summed E-state index contributed by atoms with van der Waals surface area (Å²) < 4.78 is 0. The van der Waals surface area contributed by atoms with Crippen molar-refractivity contribution in [2.75, 3.05) is 28.4 Å². The second-order valence-corrected chi connectivity index (χ2v) is 6.98. The Morgan fingerprint density at radius 2 is 0.821 bits per heavy atom. The Morgan fingerprint density at radius 1 is 0.487 bits per heavy atom. The van der Waals surface area contributed by atoms with Crippen LogP contribution in [0.5, 0.6) is 0 Å². The number of H-pyrrole nitrogens is 2. The van der Waals surface area contributed by atoms with Crippen LogP contribution < -0.4 is 0 Å². The molecule has 39 heavy (non-hydrogen) atoms. The molecule has 0 amide bonds. The van der Waals surface area contributed by atoms with E-state index >= 15 is 0 Å². The Balaban J connectivity index is 0.000000820. The smallest absolute Gasteiger partial charge is 0.0659 e. The van der Waals surface area contributed by atoms with Gasteiger partial charge in [0.15, 0.2) is 0 Å². The predicted octanol–water partition coefficient (Wildman–Crippen LogP) is 4.57. The number of nitrogens with zero attached hydrogens (tertiary/aromatic N) is 2. The molecule has 6 N–H and O–H groups in total. The van der Waals surface area contributed by atoms with Gasteiger partial charge in [0.25, 0.3) is 0 Å². The van der Waals surface area contributed by atoms with Gasteiger partial charge >= 0.3 is 0 Å². The molecule has 3 aromatic heterocycles. The van der Waals surface area contributed by atoms with Crippen LogP contribution in [-0.2, 0) is 16.8 Å². The molecule has 0 aliphatic carbocycles. The predicted molar refractivity (Wildman–Crippen MR) is 157 cm³/mol. The number of aliphatic hydroxyl groups excluding tert-OH is 4. The Hall–Kier alpha value is -3.83.